The first-order valence-electron chi connectivity index (χ1n) is 6.64. The first-order chi connectivity index (χ1) is 9.36. The molecule has 3 N–H and O–H groups in total. The molecule has 0 saturated heterocycles. The molecular weight excluding hydrogens is 282 g/mol. The third-order valence-electron chi connectivity index (χ3n) is 4.31. The second-order valence-corrected chi connectivity index (χ2v) is 7.50. The summed E-state index contributed by atoms with van der Waals surface area (Å²) in [6.07, 6.45) is 4.45. The number of aryl methyl sites for hydroxylation is 1. The molecule has 1 heterocycles. The van der Waals surface area contributed by atoms with Crippen molar-refractivity contribution < 1.29 is 18.3 Å². The minimum Gasteiger partial charge on any atom is -0.476 e. The van der Waals surface area contributed by atoms with Crippen molar-refractivity contribution in [3.63, 3.8) is 0 Å². The van der Waals surface area contributed by atoms with Gasteiger partial charge < -0.3 is 5.11 Å². The van der Waals surface area contributed by atoms with Crippen LogP contribution >= 0.6 is 0 Å². The minimum atomic E-state index is -3.85. The SMILES string of the molecule is Cc1[nH]nc(C(=O)O)c1S(=O)(=O)NCC1(C2CC2)CC1. The third kappa shape index (κ3) is 2.22. The molecular formula is C12H17N3O4S. The summed E-state index contributed by atoms with van der Waals surface area (Å²) in [7, 11) is -3.85. The Morgan fingerprint density at radius 2 is 2.15 bits per heavy atom. The lowest BCUT2D eigenvalue weighted by molar-refractivity contribution is 0.0686. The van der Waals surface area contributed by atoms with Crippen molar-refractivity contribution in [1.82, 2.24) is 14.9 Å². The number of hydrogen-bond acceptors (Lipinski definition) is 4. The molecule has 0 bridgehead atoms. The second-order valence-electron chi connectivity index (χ2n) is 5.79. The smallest absolute Gasteiger partial charge is 0.357 e. The normalized spacial score (nSPS) is 20.9. The molecule has 2 saturated carbocycles. The van der Waals surface area contributed by atoms with Crippen LogP contribution < -0.4 is 4.72 Å². The van der Waals surface area contributed by atoms with Gasteiger partial charge in [-0.3, -0.25) is 5.10 Å². The van der Waals surface area contributed by atoms with Crippen LogP contribution in [-0.4, -0.2) is 36.2 Å². The molecule has 1 aromatic heterocycles. The maximum absolute atomic E-state index is 12.3. The average Bonchev–Trinajstić information content (AvgIpc) is 3.24. The molecule has 0 unspecified atom stereocenters. The fourth-order valence-corrected chi connectivity index (χ4v) is 4.25. The zero-order chi connectivity index (χ0) is 14.5. The quantitative estimate of drug-likeness (QED) is 0.722. The Morgan fingerprint density at radius 1 is 1.50 bits per heavy atom. The molecule has 20 heavy (non-hydrogen) atoms. The van der Waals surface area contributed by atoms with Crippen molar-refractivity contribution in [2.24, 2.45) is 11.3 Å². The molecule has 0 aromatic carbocycles. The van der Waals surface area contributed by atoms with E-state index in [9.17, 15) is 13.2 Å². The highest BCUT2D eigenvalue weighted by Crippen LogP contribution is 2.60. The molecule has 0 amide bonds. The van der Waals surface area contributed by atoms with E-state index in [4.69, 9.17) is 5.11 Å². The zero-order valence-corrected chi connectivity index (χ0v) is 12.0. The van der Waals surface area contributed by atoms with Crippen molar-refractivity contribution in [3.8, 4) is 0 Å². The van der Waals surface area contributed by atoms with Gasteiger partial charge in [0.15, 0.2) is 5.69 Å². The standard InChI is InChI=1S/C12H17N3O4S/c1-7-10(9(11(16)17)15-14-7)20(18,19)13-6-12(4-5-12)8-2-3-8/h8,13H,2-6H2,1H3,(H,14,15)(H,16,17). The van der Waals surface area contributed by atoms with Crippen molar-refractivity contribution >= 4 is 16.0 Å². The molecule has 0 spiro atoms. The van der Waals surface area contributed by atoms with Crippen LogP contribution in [0.4, 0.5) is 0 Å². The average molecular weight is 299 g/mol. The van der Waals surface area contributed by atoms with Crippen molar-refractivity contribution in [1.29, 1.82) is 0 Å². The Kier molecular flexibility index (Phi) is 2.91. The first kappa shape index (κ1) is 13.6. The summed E-state index contributed by atoms with van der Waals surface area (Å²) in [6, 6.07) is 0. The number of hydrogen-bond donors (Lipinski definition) is 3. The molecule has 2 fully saturated rings. The minimum absolute atomic E-state index is 0.119. The van der Waals surface area contributed by atoms with Crippen LogP contribution in [0.25, 0.3) is 0 Å². The first-order valence-corrected chi connectivity index (χ1v) is 8.12. The number of sulfonamides is 1. The Labute approximate surface area is 116 Å². The van der Waals surface area contributed by atoms with E-state index in [1.807, 2.05) is 0 Å². The van der Waals surface area contributed by atoms with Crippen LogP contribution in [-0.2, 0) is 10.0 Å². The maximum atomic E-state index is 12.3. The Bertz CT molecular complexity index is 656. The van der Waals surface area contributed by atoms with Gasteiger partial charge in [0.2, 0.25) is 10.0 Å². The van der Waals surface area contributed by atoms with Gasteiger partial charge in [-0.05, 0) is 43.9 Å². The fourth-order valence-electron chi connectivity index (χ4n) is 2.79. The Morgan fingerprint density at radius 3 is 2.65 bits per heavy atom. The molecule has 0 atom stereocenters. The lowest BCUT2D eigenvalue weighted by Gasteiger charge is -2.15. The summed E-state index contributed by atoms with van der Waals surface area (Å²) in [5.41, 5.74) is -0.0916. The van der Waals surface area contributed by atoms with Gasteiger partial charge in [-0.2, -0.15) is 5.10 Å². The van der Waals surface area contributed by atoms with Gasteiger partial charge in [-0.25, -0.2) is 17.9 Å². The van der Waals surface area contributed by atoms with Crippen LogP contribution in [0.15, 0.2) is 4.90 Å². The number of nitrogens with zero attached hydrogens (tertiary/aromatic N) is 1. The monoisotopic (exact) mass is 299 g/mol. The number of aromatic nitrogens is 2. The highest BCUT2D eigenvalue weighted by Gasteiger charge is 2.53. The van der Waals surface area contributed by atoms with Gasteiger partial charge in [-0.15, -0.1) is 0 Å². The number of carbonyl (C=O) groups is 1. The summed E-state index contributed by atoms with van der Waals surface area (Å²) >= 11 is 0. The summed E-state index contributed by atoms with van der Waals surface area (Å²) in [4.78, 5) is 10.8. The predicted octanol–water partition coefficient (Wildman–Crippen LogP) is 0.885. The third-order valence-corrected chi connectivity index (χ3v) is 5.87. The van der Waals surface area contributed by atoms with Crippen LogP contribution in [0.3, 0.4) is 0 Å². The summed E-state index contributed by atoms with van der Waals surface area (Å²) in [5.74, 6) is -0.715. The van der Waals surface area contributed by atoms with Gasteiger partial charge in [0, 0.05) is 6.54 Å². The number of aromatic carboxylic acids is 1. The molecule has 1 aromatic rings. The summed E-state index contributed by atoms with van der Waals surface area (Å²) in [5, 5.41) is 15.0. The molecule has 0 aliphatic heterocycles. The van der Waals surface area contributed by atoms with Crippen LogP contribution in [0.2, 0.25) is 0 Å². The van der Waals surface area contributed by atoms with Crippen molar-refractivity contribution in [3.05, 3.63) is 11.4 Å². The highest BCUT2D eigenvalue weighted by molar-refractivity contribution is 7.89. The van der Waals surface area contributed by atoms with E-state index in [0.29, 0.717) is 12.5 Å². The Balaban J connectivity index is 1.81. The van der Waals surface area contributed by atoms with Gasteiger partial charge in [0.25, 0.3) is 0 Å². The van der Waals surface area contributed by atoms with Crippen LogP contribution in [0.5, 0.6) is 0 Å². The van der Waals surface area contributed by atoms with E-state index in [1.54, 1.807) is 0 Å². The molecule has 7 nitrogen and oxygen atoms in total. The summed E-state index contributed by atoms with van der Waals surface area (Å²) in [6.45, 7) is 1.89. The van der Waals surface area contributed by atoms with E-state index in [-0.39, 0.29) is 16.0 Å². The fraction of sp³-hybridized carbons (Fsp3) is 0.667. The number of nitrogens with one attached hydrogen (secondary N) is 2. The maximum Gasteiger partial charge on any atom is 0.357 e. The van der Waals surface area contributed by atoms with Gasteiger partial charge in [-0.1, -0.05) is 0 Å². The van der Waals surface area contributed by atoms with Gasteiger partial charge in [0.05, 0.1) is 5.69 Å². The van der Waals surface area contributed by atoms with Crippen molar-refractivity contribution in [2.75, 3.05) is 6.54 Å². The Hall–Kier alpha value is -1.41. The zero-order valence-electron chi connectivity index (χ0n) is 11.1. The van der Waals surface area contributed by atoms with E-state index >= 15 is 0 Å². The molecule has 2 aliphatic carbocycles. The molecule has 0 radical (unpaired) electrons. The number of carboxylic acids is 1. The molecule has 110 valence electrons. The lowest BCUT2D eigenvalue weighted by atomic mass is 10.0. The van der Waals surface area contributed by atoms with E-state index in [2.05, 4.69) is 14.9 Å². The van der Waals surface area contributed by atoms with Crippen LogP contribution in [0.1, 0.15) is 41.9 Å². The van der Waals surface area contributed by atoms with Crippen molar-refractivity contribution in [2.45, 2.75) is 37.5 Å². The number of aromatic amines is 1. The summed E-state index contributed by atoms with van der Waals surface area (Å²) < 4.78 is 27.2. The largest absolute Gasteiger partial charge is 0.476 e. The predicted molar refractivity (Wildman–Crippen MR) is 69.9 cm³/mol. The molecule has 8 heteroatoms. The number of carboxylic acid groups (broad SMARTS) is 1. The van der Waals surface area contributed by atoms with E-state index < -0.39 is 21.7 Å². The second kappa shape index (κ2) is 4.29. The number of H-pyrrole nitrogens is 1. The molecule has 2 aliphatic rings. The van der Waals surface area contributed by atoms with Crippen LogP contribution in [0, 0.1) is 18.3 Å². The van der Waals surface area contributed by atoms with E-state index in [0.717, 1.165) is 12.8 Å². The topological polar surface area (TPSA) is 112 Å². The lowest BCUT2D eigenvalue weighted by Crippen LogP contribution is -2.32. The van der Waals surface area contributed by atoms with Gasteiger partial charge in [0.1, 0.15) is 4.90 Å². The number of rotatable bonds is 6. The highest BCUT2D eigenvalue weighted by atomic mass is 32.2. The molecule has 3 rings (SSSR count). The van der Waals surface area contributed by atoms with E-state index in [1.165, 1.54) is 19.8 Å². The van der Waals surface area contributed by atoms with Gasteiger partial charge >= 0.3 is 5.97 Å².